The summed E-state index contributed by atoms with van der Waals surface area (Å²) in [5.41, 5.74) is 0. The summed E-state index contributed by atoms with van der Waals surface area (Å²) in [5, 5.41) is 6.58. The number of aliphatic imine (C=N–C) groups is 1. The van der Waals surface area contributed by atoms with Crippen molar-refractivity contribution in [2.45, 2.75) is 45.6 Å². The maximum absolute atomic E-state index is 13.3. The molecule has 0 saturated carbocycles. The topological polar surface area (TPSA) is 64.1 Å². The Kier molecular flexibility index (Phi) is 11.4. The number of nitrogens with zero attached hydrogens (tertiary/aromatic N) is 1. The standard InChI is InChI=1S/C22H36FN3O3/c1-3-20(29-21-8-5-7-19(23)15-21)16-26-22(24-4-2)25-11-6-12-28-17-18-9-13-27-14-10-18/h5,7-8,15,18,20H,3-4,6,9-14,16-17H2,1-2H3,(H2,24,25,26). The minimum Gasteiger partial charge on any atom is -0.488 e. The predicted octanol–water partition coefficient (Wildman–Crippen LogP) is 3.37. The van der Waals surface area contributed by atoms with Crippen molar-refractivity contribution in [3.8, 4) is 5.75 Å². The number of halogens is 1. The molecule has 1 aliphatic rings. The molecule has 1 atom stereocenters. The van der Waals surface area contributed by atoms with Crippen LogP contribution in [0, 0.1) is 11.7 Å². The van der Waals surface area contributed by atoms with Gasteiger partial charge in [-0.3, -0.25) is 0 Å². The fraction of sp³-hybridized carbons (Fsp3) is 0.682. The third-order valence-electron chi connectivity index (χ3n) is 4.80. The van der Waals surface area contributed by atoms with E-state index in [-0.39, 0.29) is 11.9 Å². The summed E-state index contributed by atoms with van der Waals surface area (Å²) >= 11 is 0. The van der Waals surface area contributed by atoms with E-state index in [0.717, 1.165) is 71.2 Å². The molecule has 164 valence electrons. The van der Waals surface area contributed by atoms with Gasteiger partial charge in [0.15, 0.2) is 5.96 Å². The Morgan fingerprint density at radius 3 is 2.83 bits per heavy atom. The van der Waals surface area contributed by atoms with E-state index >= 15 is 0 Å². The first kappa shape index (κ1) is 23.4. The molecule has 0 spiro atoms. The zero-order valence-corrected chi connectivity index (χ0v) is 17.8. The van der Waals surface area contributed by atoms with E-state index in [4.69, 9.17) is 14.2 Å². The monoisotopic (exact) mass is 409 g/mol. The highest BCUT2D eigenvalue weighted by molar-refractivity contribution is 5.79. The number of guanidine groups is 1. The van der Waals surface area contributed by atoms with Crippen molar-refractivity contribution in [1.29, 1.82) is 0 Å². The normalized spacial score (nSPS) is 16.4. The number of rotatable bonds is 12. The van der Waals surface area contributed by atoms with Gasteiger partial charge in [-0.25, -0.2) is 9.38 Å². The lowest BCUT2D eigenvalue weighted by molar-refractivity contribution is 0.0203. The second-order valence-electron chi connectivity index (χ2n) is 7.24. The number of hydrogen-bond donors (Lipinski definition) is 2. The van der Waals surface area contributed by atoms with Crippen LogP contribution < -0.4 is 15.4 Å². The molecule has 29 heavy (non-hydrogen) atoms. The van der Waals surface area contributed by atoms with Crippen molar-refractivity contribution in [1.82, 2.24) is 10.6 Å². The summed E-state index contributed by atoms with van der Waals surface area (Å²) < 4.78 is 30.4. The van der Waals surface area contributed by atoms with E-state index in [1.54, 1.807) is 12.1 Å². The van der Waals surface area contributed by atoms with Gasteiger partial charge in [-0.15, -0.1) is 0 Å². The molecule has 0 amide bonds. The lowest BCUT2D eigenvalue weighted by atomic mass is 10.0. The Bertz CT molecular complexity index is 594. The lowest BCUT2D eigenvalue weighted by Gasteiger charge is -2.21. The first-order chi connectivity index (χ1) is 14.2. The van der Waals surface area contributed by atoms with Crippen LogP contribution in [0.4, 0.5) is 4.39 Å². The maximum Gasteiger partial charge on any atom is 0.191 e. The van der Waals surface area contributed by atoms with Crippen LogP contribution in [0.2, 0.25) is 0 Å². The van der Waals surface area contributed by atoms with Gasteiger partial charge in [0.05, 0.1) is 6.54 Å². The van der Waals surface area contributed by atoms with Gasteiger partial charge < -0.3 is 24.8 Å². The van der Waals surface area contributed by atoms with Crippen LogP contribution in [0.25, 0.3) is 0 Å². The molecule has 1 aromatic rings. The lowest BCUT2D eigenvalue weighted by Crippen LogP contribution is -2.39. The highest BCUT2D eigenvalue weighted by Crippen LogP contribution is 2.15. The van der Waals surface area contributed by atoms with Gasteiger partial charge in [-0.1, -0.05) is 13.0 Å². The van der Waals surface area contributed by atoms with Gasteiger partial charge in [-0.2, -0.15) is 0 Å². The third kappa shape index (κ3) is 9.94. The average molecular weight is 410 g/mol. The first-order valence-corrected chi connectivity index (χ1v) is 10.8. The van der Waals surface area contributed by atoms with E-state index in [1.807, 2.05) is 13.8 Å². The number of ether oxygens (including phenoxy) is 3. The van der Waals surface area contributed by atoms with Gasteiger partial charge in [0, 0.05) is 45.6 Å². The van der Waals surface area contributed by atoms with E-state index < -0.39 is 0 Å². The smallest absolute Gasteiger partial charge is 0.191 e. The molecule has 0 bridgehead atoms. The second-order valence-corrected chi connectivity index (χ2v) is 7.24. The SMILES string of the molecule is CCNC(=NCC(CC)Oc1cccc(F)c1)NCCCOCC1CCOCC1. The highest BCUT2D eigenvalue weighted by atomic mass is 19.1. The first-order valence-electron chi connectivity index (χ1n) is 10.8. The van der Waals surface area contributed by atoms with Gasteiger partial charge in [-0.05, 0) is 50.7 Å². The Balaban J connectivity index is 1.67. The maximum atomic E-state index is 13.3. The van der Waals surface area contributed by atoms with Crippen molar-refractivity contribution in [2.24, 2.45) is 10.9 Å². The molecule has 1 aromatic carbocycles. The molecule has 0 aliphatic carbocycles. The zero-order valence-electron chi connectivity index (χ0n) is 17.8. The van der Waals surface area contributed by atoms with Gasteiger partial charge in [0.2, 0.25) is 0 Å². The molecule has 0 aromatic heterocycles. The Hall–Kier alpha value is -1.86. The van der Waals surface area contributed by atoms with Crippen molar-refractivity contribution in [3.63, 3.8) is 0 Å². The molecule has 2 N–H and O–H groups in total. The summed E-state index contributed by atoms with van der Waals surface area (Å²) in [5.74, 6) is 1.64. The molecule has 1 unspecified atom stereocenters. The summed E-state index contributed by atoms with van der Waals surface area (Å²) in [6.45, 7) is 9.44. The van der Waals surface area contributed by atoms with Crippen molar-refractivity contribution in [3.05, 3.63) is 30.1 Å². The van der Waals surface area contributed by atoms with Crippen molar-refractivity contribution in [2.75, 3.05) is 46.1 Å². The molecule has 1 heterocycles. The van der Waals surface area contributed by atoms with Crippen LogP contribution in [-0.2, 0) is 9.47 Å². The fourth-order valence-electron chi connectivity index (χ4n) is 3.06. The quantitative estimate of drug-likeness (QED) is 0.315. The van der Waals surface area contributed by atoms with Crippen LogP contribution >= 0.6 is 0 Å². The number of benzene rings is 1. The summed E-state index contributed by atoms with van der Waals surface area (Å²) in [4.78, 5) is 4.62. The van der Waals surface area contributed by atoms with Crippen LogP contribution in [0.3, 0.4) is 0 Å². The Morgan fingerprint density at radius 2 is 2.10 bits per heavy atom. The van der Waals surface area contributed by atoms with Crippen LogP contribution in [0.15, 0.2) is 29.3 Å². The van der Waals surface area contributed by atoms with Crippen molar-refractivity contribution < 1.29 is 18.6 Å². The molecule has 6 nitrogen and oxygen atoms in total. The molecular weight excluding hydrogens is 373 g/mol. The summed E-state index contributed by atoms with van der Waals surface area (Å²) in [6.07, 6.45) is 3.82. The summed E-state index contributed by atoms with van der Waals surface area (Å²) in [6, 6.07) is 6.22. The minimum absolute atomic E-state index is 0.102. The molecule has 1 saturated heterocycles. The molecule has 1 fully saturated rings. The predicted molar refractivity (Wildman–Crippen MR) is 114 cm³/mol. The van der Waals surface area contributed by atoms with E-state index in [2.05, 4.69) is 15.6 Å². The van der Waals surface area contributed by atoms with E-state index in [1.165, 1.54) is 12.1 Å². The van der Waals surface area contributed by atoms with E-state index in [0.29, 0.717) is 18.2 Å². The fourth-order valence-corrected chi connectivity index (χ4v) is 3.06. The third-order valence-corrected chi connectivity index (χ3v) is 4.80. The molecule has 1 aliphatic heterocycles. The van der Waals surface area contributed by atoms with Gasteiger partial charge >= 0.3 is 0 Å². The molecule has 2 rings (SSSR count). The Labute approximate surface area is 174 Å². The largest absolute Gasteiger partial charge is 0.488 e. The van der Waals surface area contributed by atoms with Crippen LogP contribution in [0.5, 0.6) is 5.75 Å². The number of nitrogens with one attached hydrogen (secondary N) is 2. The van der Waals surface area contributed by atoms with Gasteiger partial charge in [0.1, 0.15) is 17.7 Å². The molecule has 0 radical (unpaired) electrons. The summed E-state index contributed by atoms with van der Waals surface area (Å²) in [7, 11) is 0. The van der Waals surface area contributed by atoms with Crippen LogP contribution in [0.1, 0.15) is 39.5 Å². The van der Waals surface area contributed by atoms with Gasteiger partial charge in [0.25, 0.3) is 0 Å². The Morgan fingerprint density at radius 1 is 1.28 bits per heavy atom. The molecule has 7 heteroatoms. The van der Waals surface area contributed by atoms with E-state index in [9.17, 15) is 4.39 Å². The second kappa shape index (κ2) is 14.2. The minimum atomic E-state index is -0.296. The van der Waals surface area contributed by atoms with Crippen molar-refractivity contribution >= 4 is 5.96 Å². The average Bonchev–Trinajstić information content (AvgIpc) is 2.74. The number of hydrogen-bond acceptors (Lipinski definition) is 4. The van der Waals surface area contributed by atoms with Crippen LogP contribution in [-0.4, -0.2) is 58.1 Å². The zero-order chi connectivity index (χ0) is 20.7. The highest BCUT2D eigenvalue weighted by Gasteiger charge is 2.13. The molecular formula is C22H36FN3O3.